The van der Waals surface area contributed by atoms with Crippen LogP contribution in [0, 0.1) is 19.3 Å². The molecule has 2 aliphatic rings. The van der Waals surface area contributed by atoms with Crippen molar-refractivity contribution in [2.45, 2.75) is 58.5 Å². The van der Waals surface area contributed by atoms with E-state index in [4.69, 9.17) is 0 Å². The van der Waals surface area contributed by atoms with Crippen LogP contribution in [0.25, 0.3) is 6.08 Å². The van der Waals surface area contributed by atoms with Crippen molar-refractivity contribution < 1.29 is 9.90 Å². The second-order valence-corrected chi connectivity index (χ2v) is 6.75. The van der Waals surface area contributed by atoms with Crippen molar-refractivity contribution in [3.63, 3.8) is 0 Å². The van der Waals surface area contributed by atoms with Gasteiger partial charge in [0.2, 0.25) is 0 Å². The lowest BCUT2D eigenvalue weighted by Crippen LogP contribution is -2.43. The predicted octanol–water partition coefficient (Wildman–Crippen LogP) is 3.97. The molecule has 1 aromatic carbocycles. The van der Waals surface area contributed by atoms with E-state index >= 15 is 0 Å². The molecular formula is C19H24O2. The number of Topliss-reactive ketones (excluding diaryl/α,β-unsaturated/α-hetero) is 1. The third-order valence-electron chi connectivity index (χ3n) is 5.45. The maximum absolute atomic E-state index is 12.0. The van der Waals surface area contributed by atoms with Crippen LogP contribution in [-0.2, 0) is 4.79 Å². The second kappa shape index (κ2) is 5.42. The molecule has 2 saturated carbocycles. The minimum atomic E-state index is -0.786. The second-order valence-electron chi connectivity index (χ2n) is 6.75. The van der Waals surface area contributed by atoms with E-state index < -0.39 is 6.10 Å². The summed E-state index contributed by atoms with van der Waals surface area (Å²) in [6, 6.07) is 6.48. The summed E-state index contributed by atoms with van der Waals surface area (Å²) in [6.45, 7) is 4.24. The van der Waals surface area contributed by atoms with Crippen molar-refractivity contribution in [3.05, 3.63) is 40.5 Å². The average Bonchev–Trinajstić information content (AvgIpc) is 2.84. The lowest BCUT2D eigenvalue weighted by molar-refractivity contribution is -0.136. The van der Waals surface area contributed by atoms with E-state index in [-0.39, 0.29) is 11.2 Å². The minimum Gasteiger partial charge on any atom is -0.384 e. The highest BCUT2D eigenvalue weighted by molar-refractivity contribution is 5.85. The first kappa shape index (κ1) is 14.5. The molecule has 0 amide bonds. The van der Waals surface area contributed by atoms with Crippen molar-refractivity contribution >= 4 is 11.9 Å². The first-order chi connectivity index (χ1) is 10.0. The number of aliphatic hydroxyl groups is 1. The highest BCUT2D eigenvalue weighted by Crippen LogP contribution is 2.52. The van der Waals surface area contributed by atoms with E-state index in [0.29, 0.717) is 6.42 Å². The van der Waals surface area contributed by atoms with Gasteiger partial charge in [0.1, 0.15) is 6.10 Å². The Morgan fingerprint density at radius 2 is 1.86 bits per heavy atom. The molecule has 2 aliphatic carbocycles. The highest BCUT2D eigenvalue weighted by atomic mass is 16.3. The standard InChI is InChI=1S/C19H24O2/c1-13-7-8-15(11-14(13)2)12-16-5-3-9-19(16)10-4-6-17(20)18(19)21/h7-8,11-12,18,21H,3-6,9-10H2,1-2H3/b16-12+/t18-,19+/m0/s1. The Hall–Kier alpha value is -1.41. The fourth-order valence-electron chi connectivity index (χ4n) is 4.03. The summed E-state index contributed by atoms with van der Waals surface area (Å²) in [6.07, 6.45) is 6.90. The Morgan fingerprint density at radius 3 is 2.57 bits per heavy atom. The number of carbonyl (C=O) groups is 1. The lowest BCUT2D eigenvalue weighted by atomic mass is 9.67. The number of rotatable bonds is 1. The summed E-state index contributed by atoms with van der Waals surface area (Å²) >= 11 is 0. The first-order valence-corrected chi connectivity index (χ1v) is 8.02. The van der Waals surface area contributed by atoms with Crippen LogP contribution in [0.4, 0.5) is 0 Å². The zero-order chi connectivity index (χ0) is 15.0. The van der Waals surface area contributed by atoms with Gasteiger partial charge in [0.05, 0.1) is 0 Å². The largest absolute Gasteiger partial charge is 0.384 e. The van der Waals surface area contributed by atoms with Gasteiger partial charge >= 0.3 is 0 Å². The van der Waals surface area contributed by atoms with Crippen LogP contribution in [0.1, 0.15) is 55.2 Å². The molecule has 0 aromatic heterocycles. The van der Waals surface area contributed by atoms with Gasteiger partial charge in [-0.1, -0.05) is 29.8 Å². The van der Waals surface area contributed by atoms with Crippen molar-refractivity contribution in [2.75, 3.05) is 0 Å². The van der Waals surface area contributed by atoms with Gasteiger partial charge < -0.3 is 5.11 Å². The third kappa shape index (κ3) is 2.46. The van der Waals surface area contributed by atoms with Gasteiger partial charge in [-0.15, -0.1) is 0 Å². The van der Waals surface area contributed by atoms with Gasteiger partial charge in [-0.2, -0.15) is 0 Å². The zero-order valence-corrected chi connectivity index (χ0v) is 13.0. The molecule has 0 unspecified atom stereocenters. The molecule has 0 aliphatic heterocycles. The number of aryl methyl sites for hydroxylation is 2. The molecule has 1 aromatic rings. The SMILES string of the molecule is Cc1ccc(/C=C2\CCC[C@@]23CCCC(=O)[C@@H]3O)cc1C. The molecule has 2 heteroatoms. The molecule has 0 bridgehead atoms. The quantitative estimate of drug-likeness (QED) is 0.847. The molecule has 21 heavy (non-hydrogen) atoms. The molecule has 0 heterocycles. The van der Waals surface area contributed by atoms with Gasteiger partial charge in [-0.05, 0) is 62.6 Å². The summed E-state index contributed by atoms with van der Waals surface area (Å²) in [5.41, 5.74) is 4.79. The summed E-state index contributed by atoms with van der Waals surface area (Å²) < 4.78 is 0. The summed E-state index contributed by atoms with van der Waals surface area (Å²) in [5.74, 6) is 0.0362. The molecule has 1 spiro atoms. The van der Waals surface area contributed by atoms with E-state index in [0.717, 1.165) is 32.1 Å². The maximum atomic E-state index is 12.0. The molecular weight excluding hydrogens is 260 g/mol. The van der Waals surface area contributed by atoms with Gasteiger partial charge in [-0.25, -0.2) is 0 Å². The van der Waals surface area contributed by atoms with Crippen molar-refractivity contribution in [2.24, 2.45) is 5.41 Å². The van der Waals surface area contributed by atoms with Crippen LogP contribution in [0.2, 0.25) is 0 Å². The van der Waals surface area contributed by atoms with E-state index in [1.54, 1.807) is 0 Å². The Balaban J connectivity index is 1.98. The van der Waals surface area contributed by atoms with E-state index in [1.165, 1.54) is 22.3 Å². The number of benzene rings is 1. The Kier molecular flexibility index (Phi) is 3.75. The Morgan fingerprint density at radius 1 is 1.14 bits per heavy atom. The third-order valence-corrected chi connectivity index (χ3v) is 5.45. The molecule has 2 atom stereocenters. The van der Waals surface area contributed by atoms with Crippen molar-refractivity contribution in [1.82, 2.24) is 0 Å². The van der Waals surface area contributed by atoms with Crippen LogP contribution in [0.15, 0.2) is 23.8 Å². The van der Waals surface area contributed by atoms with Gasteiger partial charge in [-0.3, -0.25) is 4.79 Å². The smallest absolute Gasteiger partial charge is 0.162 e. The van der Waals surface area contributed by atoms with Crippen LogP contribution in [0.5, 0.6) is 0 Å². The fraction of sp³-hybridized carbons (Fsp3) is 0.526. The molecule has 112 valence electrons. The molecule has 2 fully saturated rings. The molecule has 0 saturated heterocycles. The van der Waals surface area contributed by atoms with Crippen molar-refractivity contribution in [3.8, 4) is 0 Å². The van der Waals surface area contributed by atoms with Crippen LogP contribution in [-0.4, -0.2) is 17.0 Å². The van der Waals surface area contributed by atoms with Crippen LogP contribution < -0.4 is 0 Å². The predicted molar refractivity (Wildman–Crippen MR) is 85.0 cm³/mol. The van der Waals surface area contributed by atoms with Crippen LogP contribution >= 0.6 is 0 Å². The number of ketones is 1. The summed E-state index contributed by atoms with van der Waals surface area (Å²) in [7, 11) is 0. The number of carbonyl (C=O) groups excluding carboxylic acids is 1. The van der Waals surface area contributed by atoms with Gasteiger partial charge in [0, 0.05) is 11.8 Å². The Bertz CT molecular complexity index is 600. The average molecular weight is 284 g/mol. The van der Waals surface area contributed by atoms with E-state index in [2.05, 4.69) is 38.1 Å². The highest BCUT2D eigenvalue weighted by Gasteiger charge is 2.48. The Labute approximate surface area is 126 Å². The summed E-state index contributed by atoms with van der Waals surface area (Å²) in [4.78, 5) is 12.0. The van der Waals surface area contributed by atoms with Crippen molar-refractivity contribution in [1.29, 1.82) is 0 Å². The summed E-state index contributed by atoms with van der Waals surface area (Å²) in [5, 5.41) is 10.5. The van der Waals surface area contributed by atoms with Gasteiger partial charge in [0.15, 0.2) is 5.78 Å². The molecule has 3 rings (SSSR count). The van der Waals surface area contributed by atoms with Gasteiger partial charge in [0.25, 0.3) is 0 Å². The number of aliphatic hydroxyl groups excluding tert-OH is 1. The van der Waals surface area contributed by atoms with E-state index in [1.807, 2.05) is 0 Å². The van der Waals surface area contributed by atoms with Crippen LogP contribution in [0.3, 0.4) is 0 Å². The normalized spacial score (nSPS) is 31.3. The minimum absolute atomic E-state index is 0.0362. The maximum Gasteiger partial charge on any atom is 0.162 e. The topological polar surface area (TPSA) is 37.3 Å². The first-order valence-electron chi connectivity index (χ1n) is 8.02. The molecule has 2 nitrogen and oxygen atoms in total. The monoisotopic (exact) mass is 284 g/mol. The molecule has 0 radical (unpaired) electrons. The fourth-order valence-corrected chi connectivity index (χ4v) is 4.03. The molecule has 1 N–H and O–H groups in total. The lowest BCUT2D eigenvalue weighted by Gasteiger charge is -2.38. The number of hydrogen-bond donors (Lipinski definition) is 1. The number of hydrogen-bond acceptors (Lipinski definition) is 2. The zero-order valence-electron chi connectivity index (χ0n) is 13.0. The van der Waals surface area contributed by atoms with E-state index in [9.17, 15) is 9.90 Å².